The molecule has 0 aromatic rings. The highest BCUT2D eigenvalue weighted by Gasteiger charge is 2.40. The van der Waals surface area contributed by atoms with Crippen LogP contribution in [-0.4, -0.2) is 54.7 Å². The summed E-state index contributed by atoms with van der Waals surface area (Å²) >= 11 is 0. The number of unbranched alkanes of at least 4 members (excludes halogenated alkanes) is 1. The number of amides is 1. The first-order chi connectivity index (χ1) is 9.45. The smallest absolute Gasteiger partial charge is 0.328 e. The molecule has 7 heteroatoms. The molecule has 0 N–H and O–H groups in total. The second-order valence-corrected chi connectivity index (χ2v) is 4.70. The number of halogens is 1. The summed E-state index contributed by atoms with van der Waals surface area (Å²) < 4.78 is 23.0. The number of hydrogen-bond acceptors (Lipinski definition) is 5. The molecule has 114 valence electrons. The molecule has 6 nitrogen and oxygen atoms in total. The Kier molecular flexibility index (Phi) is 6.41. The van der Waals surface area contributed by atoms with Crippen LogP contribution in [0.25, 0.3) is 0 Å². The summed E-state index contributed by atoms with van der Waals surface area (Å²) in [6.45, 7) is 2.73. The number of likely N-dealkylation sites (tertiary alicyclic amines) is 1. The lowest BCUT2D eigenvalue weighted by Gasteiger charge is -2.22. The molecule has 0 unspecified atom stereocenters. The minimum absolute atomic E-state index is 0.0726. The molecule has 1 rings (SSSR count). The van der Waals surface area contributed by atoms with Gasteiger partial charge in [0.25, 0.3) is 5.91 Å². The lowest BCUT2D eigenvalue weighted by molar-refractivity contribution is -0.157. The quantitative estimate of drug-likeness (QED) is 0.535. The lowest BCUT2D eigenvalue weighted by atomic mass is 10.2. The van der Waals surface area contributed by atoms with Gasteiger partial charge >= 0.3 is 11.9 Å². The fourth-order valence-corrected chi connectivity index (χ4v) is 1.94. The normalized spacial score (nSPS) is 21.6. The minimum Gasteiger partial charge on any atom is -0.464 e. The van der Waals surface area contributed by atoms with Crippen molar-refractivity contribution in [3.63, 3.8) is 0 Å². The third-order valence-electron chi connectivity index (χ3n) is 2.98. The number of alkyl halides is 1. The number of ether oxygens (including phenoxy) is 2. The number of hydrogen-bond donors (Lipinski definition) is 0. The zero-order valence-corrected chi connectivity index (χ0v) is 11.8. The van der Waals surface area contributed by atoms with E-state index >= 15 is 0 Å². The zero-order valence-electron chi connectivity index (χ0n) is 11.8. The van der Waals surface area contributed by atoms with Gasteiger partial charge in [-0.25, -0.2) is 9.18 Å². The Bertz CT molecular complexity index is 374. The zero-order chi connectivity index (χ0) is 15.1. The van der Waals surface area contributed by atoms with Crippen molar-refractivity contribution in [1.29, 1.82) is 0 Å². The van der Waals surface area contributed by atoms with Gasteiger partial charge in [0.1, 0.15) is 12.2 Å². The topological polar surface area (TPSA) is 72.9 Å². The molecular formula is C13H20FNO5. The van der Waals surface area contributed by atoms with Crippen LogP contribution in [0.5, 0.6) is 0 Å². The number of rotatable bonds is 6. The summed E-state index contributed by atoms with van der Waals surface area (Å²) in [6.07, 6.45) is 0.258. The molecule has 1 aliphatic rings. The van der Waals surface area contributed by atoms with E-state index < -0.39 is 36.7 Å². The first-order valence-electron chi connectivity index (χ1n) is 6.69. The summed E-state index contributed by atoms with van der Waals surface area (Å²) in [5.74, 6) is -1.79. The Hall–Kier alpha value is -1.66. The number of carbonyl (C=O) groups excluding carboxylic acids is 3. The fraction of sp³-hybridized carbons (Fsp3) is 0.769. The van der Waals surface area contributed by atoms with Gasteiger partial charge in [-0.15, -0.1) is 0 Å². The highest BCUT2D eigenvalue weighted by atomic mass is 19.1. The summed E-state index contributed by atoms with van der Waals surface area (Å²) in [6, 6.07) is -0.926. The Morgan fingerprint density at radius 3 is 2.60 bits per heavy atom. The van der Waals surface area contributed by atoms with Crippen LogP contribution in [0, 0.1) is 0 Å². The van der Waals surface area contributed by atoms with Gasteiger partial charge < -0.3 is 14.4 Å². The molecule has 1 saturated heterocycles. The van der Waals surface area contributed by atoms with Crippen LogP contribution in [0.15, 0.2) is 0 Å². The van der Waals surface area contributed by atoms with E-state index in [1.165, 1.54) is 6.92 Å². The fourth-order valence-electron chi connectivity index (χ4n) is 1.94. The van der Waals surface area contributed by atoms with Crippen molar-refractivity contribution in [1.82, 2.24) is 4.90 Å². The summed E-state index contributed by atoms with van der Waals surface area (Å²) in [5, 5.41) is 0. The van der Waals surface area contributed by atoms with Gasteiger partial charge in [-0.2, -0.15) is 0 Å². The van der Waals surface area contributed by atoms with Gasteiger partial charge in [0.15, 0.2) is 6.61 Å². The molecule has 0 bridgehead atoms. The van der Waals surface area contributed by atoms with Crippen molar-refractivity contribution in [2.24, 2.45) is 0 Å². The average Bonchev–Trinajstić information content (AvgIpc) is 2.78. The van der Waals surface area contributed by atoms with E-state index in [9.17, 15) is 18.8 Å². The van der Waals surface area contributed by atoms with Crippen molar-refractivity contribution in [3.8, 4) is 0 Å². The third-order valence-corrected chi connectivity index (χ3v) is 2.98. The minimum atomic E-state index is -1.26. The molecule has 0 radical (unpaired) electrons. The number of carbonyl (C=O) groups is 3. The second kappa shape index (κ2) is 7.81. The van der Waals surface area contributed by atoms with Crippen LogP contribution < -0.4 is 0 Å². The van der Waals surface area contributed by atoms with E-state index in [4.69, 9.17) is 4.74 Å². The molecule has 2 atom stereocenters. The van der Waals surface area contributed by atoms with Crippen LogP contribution >= 0.6 is 0 Å². The predicted octanol–water partition coefficient (Wildman–Crippen LogP) is 0.832. The highest BCUT2D eigenvalue weighted by Crippen LogP contribution is 2.22. The lowest BCUT2D eigenvalue weighted by Crippen LogP contribution is -2.43. The molecule has 0 spiro atoms. The van der Waals surface area contributed by atoms with Gasteiger partial charge in [0.2, 0.25) is 0 Å². The molecule has 1 heterocycles. The summed E-state index contributed by atoms with van der Waals surface area (Å²) in [4.78, 5) is 35.4. The molecular weight excluding hydrogens is 269 g/mol. The molecule has 1 amide bonds. The molecule has 0 aromatic carbocycles. The van der Waals surface area contributed by atoms with E-state index in [1.807, 2.05) is 6.92 Å². The van der Waals surface area contributed by atoms with E-state index in [0.717, 1.165) is 17.7 Å². The molecule has 20 heavy (non-hydrogen) atoms. The SMILES string of the molecule is CCCCOC(=O)[C@@H]1C[C@H](F)CN1C(=O)COC(C)=O. The van der Waals surface area contributed by atoms with Crippen molar-refractivity contribution in [2.45, 2.75) is 45.3 Å². The first kappa shape index (κ1) is 16.4. The third kappa shape index (κ3) is 4.79. The van der Waals surface area contributed by atoms with Crippen LogP contribution in [0.2, 0.25) is 0 Å². The predicted molar refractivity (Wildman–Crippen MR) is 67.5 cm³/mol. The Morgan fingerprint density at radius 2 is 2.00 bits per heavy atom. The Labute approximate surface area is 117 Å². The van der Waals surface area contributed by atoms with Gasteiger partial charge in [-0.05, 0) is 6.42 Å². The Morgan fingerprint density at radius 1 is 1.30 bits per heavy atom. The maximum atomic E-state index is 13.4. The van der Waals surface area contributed by atoms with Gasteiger partial charge in [0, 0.05) is 13.3 Å². The highest BCUT2D eigenvalue weighted by molar-refractivity contribution is 5.87. The Balaban J connectivity index is 2.56. The molecule has 0 aliphatic carbocycles. The number of esters is 2. The van der Waals surface area contributed by atoms with E-state index in [2.05, 4.69) is 4.74 Å². The van der Waals surface area contributed by atoms with Crippen molar-refractivity contribution < 1.29 is 28.2 Å². The summed E-state index contributed by atoms with van der Waals surface area (Å²) in [5.41, 5.74) is 0. The second-order valence-electron chi connectivity index (χ2n) is 4.70. The van der Waals surface area contributed by atoms with Gasteiger partial charge in [0.05, 0.1) is 13.2 Å². The van der Waals surface area contributed by atoms with E-state index in [1.54, 1.807) is 0 Å². The van der Waals surface area contributed by atoms with Crippen LogP contribution in [0.4, 0.5) is 4.39 Å². The largest absolute Gasteiger partial charge is 0.464 e. The van der Waals surface area contributed by atoms with Crippen LogP contribution in [0.1, 0.15) is 33.1 Å². The van der Waals surface area contributed by atoms with Crippen LogP contribution in [-0.2, 0) is 23.9 Å². The van der Waals surface area contributed by atoms with Gasteiger partial charge in [-0.1, -0.05) is 13.3 Å². The monoisotopic (exact) mass is 289 g/mol. The molecule has 0 saturated carbocycles. The molecule has 1 aliphatic heterocycles. The van der Waals surface area contributed by atoms with Gasteiger partial charge in [-0.3, -0.25) is 9.59 Å². The standard InChI is InChI=1S/C13H20FNO5/c1-3-4-5-19-13(18)11-6-10(14)7-15(11)12(17)8-20-9(2)16/h10-11H,3-8H2,1-2H3/t10-,11-/m0/s1. The maximum absolute atomic E-state index is 13.4. The maximum Gasteiger partial charge on any atom is 0.328 e. The van der Waals surface area contributed by atoms with E-state index in [0.29, 0.717) is 0 Å². The van der Waals surface area contributed by atoms with E-state index in [-0.39, 0.29) is 19.6 Å². The van der Waals surface area contributed by atoms with Crippen molar-refractivity contribution in [3.05, 3.63) is 0 Å². The molecule has 1 fully saturated rings. The van der Waals surface area contributed by atoms with Crippen molar-refractivity contribution >= 4 is 17.8 Å². The average molecular weight is 289 g/mol. The first-order valence-corrected chi connectivity index (χ1v) is 6.69. The number of nitrogens with zero attached hydrogens (tertiary/aromatic N) is 1. The van der Waals surface area contributed by atoms with Crippen LogP contribution in [0.3, 0.4) is 0 Å². The van der Waals surface area contributed by atoms with Crippen molar-refractivity contribution in [2.75, 3.05) is 19.8 Å². The molecule has 0 aromatic heterocycles. The summed E-state index contributed by atoms with van der Waals surface area (Å²) in [7, 11) is 0.